The monoisotopic (exact) mass is 279 g/mol. The van der Waals surface area contributed by atoms with Crippen molar-refractivity contribution in [2.45, 2.75) is 12.8 Å². The van der Waals surface area contributed by atoms with Gasteiger partial charge in [-0.3, -0.25) is 0 Å². The third-order valence-corrected chi connectivity index (χ3v) is 3.14. The molecule has 0 atom stereocenters. The smallest absolute Gasteiger partial charge is 0.119 e. The predicted octanol–water partition coefficient (Wildman–Crippen LogP) is 3.20. The van der Waals surface area contributed by atoms with Crippen LogP contribution in [0.4, 0.5) is 0 Å². The first-order chi connectivity index (χ1) is 7.70. The molecule has 0 spiro atoms. The van der Waals surface area contributed by atoms with E-state index in [-0.39, 0.29) is 0 Å². The molecule has 0 unspecified atom stereocenters. The molecule has 16 heavy (non-hydrogen) atoms. The minimum atomic E-state index is 0.364. The topological polar surface area (TPSA) is 46.2 Å². The van der Waals surface area contributed by atoms with Gasteiger partial charge in [0.1, 0.15) is 5.75 Å². The molecular weight excluding hydrogens is 266 g/mol. The van der Waals surface area contributed by atoms with Gasteiger partial charge in [0, 0.05) is 4.47 Å². The third-order valence-electron chi connectivity index (χ3n) is 2.65. The van der Waals surface area contributed by atoms with Gasteiger partial charge in [-0.15, -0.1) is 0 Å². The summed E-state index contributed by atoms with van der Waals surface area (Å²) >= 11 is 3.45. The summed E-state index contributed by atoms with van der Waals surface area (Å²) in [6.07, 6.45) is 1.72. The number of benzene rings is 2. The Balaban J connectivity index is 2.46. The molecule has 3 heteroatoms. The van der Waals surface area contributed by atoms with E-state index in [0.29, 0.717) is 12.3 Å². The van der Waals surface area contributed by atoms with Crippen LogP contribution >= 0.6 is 15.9 Å². The summed E-state index contributed by atoms with van der Waals surface area (Å²) in [6.45, 7) is 0.649. The van der Waals surface area contributed by atoms with Crippen molar-refractivity contribution in [2.75, 3.05) is 6.54 Å². The van der Waals surface area contributed by atoms with Crippen molar-refractivity contribution in [1.82, 2.24) is 0 Å². The first-order valence-electron chi connectivity index (χ1n) is 5.32. The fraction of sp³-hybridized carbons (Fsp3) is 0.231. The maximum Gasteiger partial charge on any atom is 0.119 e. The summed E-state index contributed by atoms with van der Waals surface area (Å²) in [5, 5.41) is 12.0. The van der Waals surface area contributed by atoms with Crippen LogP contribution in [0.15, 0.2) is 34.8 Å². The Morgan fingerprint density at radius 3 is 2.69 bits per heavy atom. The van der Waals surface area contributed by atoms with Crippen molar-refractivity contribution >= 4 is 26.7 Å². The summed E-state index contributed by atoms with van der Waals surface area (Å²) in [5.74, 6) is 0.364. The van der Waals surface area contributed by atoms with Gasteiger partial charge in [-0.1, -0.05) is 22.0 Å². The van der Waals surface area contributed by atoms with Crippen molar-refractivity contribution in [1.29, 1.82) is 0 Å². The number of halogens is 1. The maximum atomic E-state index is 9.85. The van der Waals surface area contributed by atoms with Gasteiger partial charge >= 0.3 is 0 Å². The molecule has 0 bridgehead atoms. The number of hydrogen-bond donors (Lipinski definition) is 2. The first kappa shape index (κ1) is 11.4. The lowest BCUT2D eigenvalue weighted by atomic mass is 10.0. The molecule has 0 saturated heterocycles. The zero-order valence-corrected chi connectivity index (χ0v) is 10.5. The van der Waals surface area contributed by atoms with E-state index in [0.717, 1.165) is 33.7 Å². The number of rotatable bonds is 3. The van der Waals surface area contributed by atoms with Gasteiger partial charge in [0.15, 0.2) is 0 Å². The quantitative estimate of drug-likeness (QED) is 0.907. The van der Waals surface area contributed by atoms with Gasteiger partial charge in [-0.2, -0.15) is 0 Å². The SMILES string of the molecule is NCCCc1cc2cc(Br)ccc2cc1O. The Hall–Kier alpha value is -1.06. The number of phenols is 1. The number of aryl methyl sites for hydroxylation is 1. The zero-order chi connectivity index (χ0) is 11.5. The summed E-state index contributed by atoms with van der Waals surface area (Å²) in [7, 11) is 0. The van der Waals surface area contributed by atoms with Gasteiger partial charge in [0.2, 0.25) is 0 Å². The van der Waals surface area contributed by atoms with Crippen molar-refractivity contribution in [3.8, 4) is 5.75 Å². The van der Waals surface area contributed by atoms with Crippen molar-refractivity contribution < 1.29 is 5.11 Å². The van der Waals surface area contributed by atoms with E-state index in [1.807, 2.05) is 24.3 Å². The van der Waals surface area contributed by atoms with Crippen LogP contribution in [0.1, 0.15) is 12.0 Å². The molecule has 3 N–H and O–H groups in total. The van der Waals surface area contributed by atoms with Gasteiger partial charge < -0.3 is 10.8 Å². The minimum absolute atomic E-state index is 0.364. The molecule has 0 aliphatic carbocycles. The molecule has 0 saturated carbocycles. The lowest BCUT2D eigenvalue weighted by molar-refractivity contribution is 0.468. The molecule has 0 aliphatic rings. The van der Waals surface area contributed by atoms with E-state index in [9.17, 15) is 5.11 Å². The molecule has 0 aromatic heterocycles. The molecule has 0 aliphatic heterocycles. The Morgan fingerprint density at radius 2 is 1.94 bits per heavy atom. The van der Waals surface area contributed by atoms with E-state index in [1.165, 1.54) is 0 Å². The average Bonchev–Trinajstić information content (AvgIpc) is 2.27. The fourth-order valence-electron chi connectivity index (χ4n) is 1.80. The highest BCUT2D eigenvalue weighted by atomic mass is 79.9. The lowest BCUT2D eigenvalue weighted by Gasteiger charge is -2.06. The molecule has 2 rings (SSSR count). The van der Waals surface area contributed by atoms with E-state index >= 15 is 0 Å². The zero-order valence-electron chi connectivity index (χ0n) is 8.91. The van der Waals surface area contributed by atoms with Crippen LogP contribution in [-0.2, 0) is 6.42 Å². The highest BCUT2D eigenvalue weighted by Crippen LogP contribution is 2.27. The second kappa shape index (κ2) is 4.85. The molecule has 0 heterocycles. The number of hydrogen-bond acceptors (Lipinski definition) is 2. The van der Waals surface area contributed by atoms with Crippen molar-refractivity contribution in [2.24, 2.45) is 5.73 Å². The Bertz CT molecular complexity index is 511. The number of fused-ring (bicyclic) bond motifs is 1. The summed E-state index contributed by atoms with van der Waals surface area (Å²) in [5.41, 5.74) is 6.44. The maximum absolute atomic E-state index is 9.85. The summed E-state index contributed by atoms with van der Waals surface area (Å²) in [6, 6.07) is 9.87. The highest BCUT2D eigenvalue weighted by Gasteiger charge is 2.04. The molecule has 0 fully saturated rings. The minimum Gasteiger partial charge on any atom is -0.508 e. The van der Waals surface area contributed by atoms with Crippen molar-refractivity contribution in [3.63, 3.8) is 0 Å². The van der Waals surface area contributed by atoms with E-state index in [2.05, 4.69) is 22.0 Å². The number of nitrogens with two attached hydrogens (primary N) is 1. The van der Waals surface area contributed by atoms with Gasteiger partial charge in [-0.05, 0) is 60.0 Å². The average molecular weight is 280 g/mol. The van der Waals surface area contributed by atoms with Crippen molar-refractivity contribution in [3.05, 3.63) is 40.4 Å². The molecule has 0 amide bonds. The molecule has 2 nitrogen and oxygen atoms in total. The van der Waals surface area contributed by atoms with Gasteiger partial charge in [-0.25, -0.2) is 0 Å². The lowest BCUT2D eigenvalue weighted by Crippen LogP contribution is -2.00. The van der Waals surface area contributed by atoms with Crippen LogP contribution < -0.4 is 5.73 Å². The third kappa shape index (κ3) is 2.36. The fourth-order valence-corrected chi connectivity index (χ4v) is 2.18. The van der Waals surface area contributed by atoms with E-state index in [1.54, 1.807) is 0 Å². The summed E-state index contributed by atoms with van der Waals surface area (Å²) < 4.78 is 1.05. The Labute approximate surface area is 103 Å². The second-order valence-electron chi connectivity index (χ2n) is 3.86. The van der Waals surface area contributed by atoms with E-state index < -0.39 is 0 Å². The number of phenolic OH excluding ortho intramolecular Hbond substituents is 1. The van der Waals surface area contributed by atoms with Crippen LogP contribution in [0, 0.1) is 0 Å². The second-order valence-corrected chi connectivity index (χ2v) is 4.78. The molecule has 2 aromatic rings. The molecule has 2 aromatic carbocycles. The van der Waals surface area contributed by atoms with Gasteiger partial charge in [0.25, 0.3) is 0 Å². The Morgan fingerprint density at radius 1 is 1.12 bits per heavy atom. The van der Waals surface area contributed by atoms with Gasteiger partial charge in [0.05, 0.1) is 0 Å². The largest absolute Gasteiger partial charge is 0.508 e. The molecule has 84 valence electrons. The van der Waals surface area contributed by atoms with Crippen LogP contribution in [-0.4, -0.2) is 11.7 Å². The predicted molar refractivity (Wildman–Crippen MR) is 70.7 cm³/mol. The summed E-state index contributed by atoms with van der Waals surface area (Å²) in [4.78, 5) is 0. The first-order valence-corrected chi connectivity index (χ1v) is 6.11. The van der Waals surface area contributed by atoms with Crippen LogP contribution in [0.5, 0.6) is 5.75 Å². The standard InChI is InChI=1S/C13H14BrNO/c14-12-4-3-9-8-13(16)10(2-1-5-15)6-11(9)7-12/h3-4,6-8,16H,1-2,5,15H2. The van der Waals surface area contributed by atoms with Crippen LogP contribution in [0.25, 0.3) is 10.8 Å². The number of aromatic hydroxyl groups is 1. The Kier molecular flexibility index (Phi) is 3.46. The highest BCUT2D eigenvalue weighted by molar-refractivity contribution is 9.10. The van der Waals surface area contributed by atoms with E-state index in [4.69, 9.17) is 5.73 Å². The molecule has 0 radical (unpaired) electrons. The van der Waals surface area contributed by atoms with Crippen LogP contribution in [0.3, 0.4) is 0 Å². The molecular formula is C13H14BrNO. The normalized spacial score (nSPS) is 10.9. The van der Waals surface area contributed by atoms with Crippen LogP contribution in [0.2, 0.25) is 0 Å².